The molecule has 0 aromatic heterocycles. The van der Waals surface area contributed by atoms with Gasteiger partial charge in [0.25, 0.3) is 0 Å². The Morgan fingerprint density at radius 1 is 1.29 bits per heavy atom. The van der Waals surface area contributed by atoms with Crippen LogP contribution in [0.2, 0.25) is 0 Å². The van der Waals surface area contributed by atoms with Gasteiger partial charge in [-0.1, -0.05) is 12.1 Å². The molecule has 0 spiro atoms. The lowest BCUT2D eigenvalue weighted by molar-refractivity contribution is -0.137. The second-order valence-electron chi connectivity index (χ2n) is 3.78. The van der Waals surface area contributed by atoms with Crippen LogP contribution in [0.25, 0.3) is 0 Å². The molecule has 0 unspecified atom stereocenters. The second-order valence-corrected chi connectivity index (χ2v) is 3.78. The summed E-state index contributed by atoms with van der Waals surface area (Å²) in [5.41, 5.74) is -0.619. The van der Waals surface area contributed by atoms with Crippen molar-refractivity contribution in [3.8, 4) is 0 Å². The van der Waals surface area contributed by atoms with Crippen molar-refractivity contribution in [3.63, 3.8) is 0 Å². The normalized spacial score (nSPS) is 11.3. The Morgan fingerprint density at radius 3 is 2.53 bits per heavy atom. The van der Waals surface area contributed by atoms with Gasteiger partial charge in [-0.2, -0.15) is 13.2 Å². The van der Waals surface area contributed by atoms with Crippen LogP contribution >= 0.6 is 0 Å². The van der Waals surface area contributed by atoms with Gasteiger partial charge in [-0.15, -0.1) is 0 Å². The van der Waals surface area contributed by atoms with Gasteiger partial charge in [0, 0.05) is 18.7 Å². The fraction of sp³-hybridized carbons (Fsp3) is 0.417. The highest BCUT2D eigenvalue weighted by atomic mass is 19.4. The van der Waals surface area contributed by atoms with Crippen LogP contribution in [0.5, 0.6) is 0 Å². The van der Waals surface area contributed by atoms with Crippen LogP contribution in [0.3, 0.4) is 0 Å². The molecule has 0 amide bonds. The third-order valence-electron chi connectivity index (χ3n) is 2.25. The van der Waals surface area contributed by atoms with Crippen LogP contribution in [0.4, 0.5) is 18.9 Å². The Hall–Kier alpha value is -1.52. The summed E-state index contributed by atoms with van der Waals surface area (Å²) in [6.45, 7) is 1.82. The Balaban J connectivity index is 2.62. The monoisotopic (exact) mass is 245 g/mol. The van der Waals surface area contributed by atoms with Gasteiger partial charge in [0.2, 0.25) is 0 Å². The SMILES string of the molecule is CC(=O)CCCNc1ccccc1C(F)(F)F. The second kappa shape index (κ2) is 5.70. The molecule has 94 valence electrons. The van der Waals surface area contributed by atoms with Gasteiger partial charge in [-0.3, -0.25) is 0 Å². The zero-order valence-corrected chi connectivity index (χ0v) is 9.47. The molecule has 1 aromatic carbocycles. The number of ketones is 1. The minimum atomic E-state index is -4.36. The largest absolute Gasteiger partial charge is 0.418 e. The third kappa shape index (κ3) is 4.46. The van der Waals surface area contributed by atoms with Crippen molar-refractivity contribution in [2.24, 2.45) is 0 Å². The third-order valence-corrected chi connectivity index (χ3v) is 2.25. The molecule has 1 aromatic rings. The maximum atomic E-state index is 12.6. The highest BCUT2D eigenvalue weighted by molar-refractivity contribution is 5.75. The number of para-hydroxylation sites is 1. The van der Waals surface area contributed by atoms with E-state index in [9.17, 15) is 18.0 Å². The molecule has 0 aliphatic carbocycles. The summed E-state index contributed by atoms with van der Waals surface area (Å²) >= 11 is 0. The summed E-state index contributed by atoms with van der Waals surface area (Å²) in [4.78, 5) is 10.7. The number of benzene rings is 1. The number of anilines is 1. The number of hydrogen-bond acceptors (Lipinski definition) is 2. The quantitative estimate of drug-likeness (QED) is 0.804. The lowest BCUT2D eigenvalue weighted by atomic mass is 10.1. The van der Waals surface area contributed by atoms with Gasteiger partial charge in [-0.25, -0.2) is 0 Å². The molecular weight excluding hydrogens is 231 g/mol. The first kappa shape index (κ1) is 13.5. The molecule has 0 saturated heterocycles. The molecule has 0 aliphatic heterocycles. The standard InChI is InChI=1S/C12H14F3NO/c1-9(17)5-4-8-16-11-7-3-2-6-10(11)12(13,14)15/h2-3,6-7,16H,4-5,8H2,1H3. The smallest absolute Gasteiger partial charge is 0.385 e. The van der Waals surface area contributed by atoms with E-state index in [-0.39, 0.29) is 11.5 Å². The van der Waals surface area contributed by atoms with Crippen molar-refractivity contribution in [1.29, 1.82) is 0 Å². The Labute approximate surface area is 97.8 Å². The zero-order chi connectivity index (χ0) is 12.9. The number of hydrogen-bond donors (Lipinski definition) is 1. The first-order chi connectivity index (χ1) is 7.91. The molecule has 5 heteroatoms. The Morgan fingerprint density at radius 2 is 1.94 bits per heavy atom. The van der Waals surface area contributed by atoms with Crippen LogP contribution in [0, 0.1) is 0 Å². The van der Waals surface area contributed by atoms with Gasteiger partial charge in [0.05, 0.1) is 5.56 Å². The number of Topliss-reactive ketones (excluding diaryl/α,β-unsaturated/α-hetero) is 1. The Kier molecular flexibility index (Phi) is 4.54. The molecule has 0 atom stereocenters. The van der Waals surface area contributed by atoms with E-state index < -0.39 is 11.7 Å². The van der Waals surface area contributed by atoms with E-state index in [0.29, 0.717) is 19.4 Å². The van der Waals surface area contributed by atoms with Crippen LogP contribution in [-0.2, 0) is 11.0 Å². The van der Waals surface area contributed by atoms with E-state index in [1.807, 2.05) is 0 Å². The number of halogens is 3. The van der Waals surface area contributed by atoms with Gasteiger partial charge >= 0.3 is 6.18 Å². The fourth-order valence-corrected chi connectivity index (χ4v) is 1.44. The van der Waals surface area contributed by atoms with E-state index in [1.54, 1.807) is 6.07 Å². The maximum absolute atomic E-state index is 12.6. The fourth-order valence-electron chi connectivity index (χ4n) is 1.44. The number of rotatable bonds is 5. The highest BCUT2D eigenvalue weighted by Crippen LogP contribution is 2.34. The van der Waals surface area contributed by atoms with Gasteiger partial charge < -0.3 is 10.1 Å². The lowest BCUT2D eigenvalue weighted by Gasteiger charge is -2.13. The number of carbonyl (C=O) groups is 1. The van der Waals surface area contributed by atoms with Crippen LogP contribution in [-0.4, -0.2) is 12.3 Å². The first-order valence-electron chi connectivity index (χ1n) is 5.31. The van der Waals surface area contributed by atoms with Crippen molar-refractivity contribution >= 4 is 11.5 Å². The van der Waals surface area contributed by atoms with Crippen LogP contribution < -0.4 is 5.32 Å². The molecule has 1 rings (SSSR count). The summed E-state index contributed by atoms with van der Waals surface area (Å²) in [5, 5.41) is 2.70. The van der Waals surface area contributed by atoms with Crippen molar-refractivity contribution in [3.05, 3.63) is 29.8 Å². The topological polar surface area (TPSA) is 29.1 Å². The molecule has 0 fully saturated rings. The molecule has 2 nitrogen and oxygen atoms in total. The molecular formula is C12H14F3NO. The minimum absolute atomic E-state index is 0.0379. The zero-order valence-electron chi connectivity index (χ0n) is 9.47. The highest BCUT2D eigenvalue weighted by Gasteiger charge is 2.32. The molecule has 0 saturated carbocycles. The number of nitrogens with one attached hydrogen (secondary N) is 1. The summed E-state index contributed by atoms with van der Waals surface area (Å²) < 4.78 is 37.8. The van der Waals surface area contributed by atoms with Crippen molar-refractivity contribution in [2.75, 3.05) is 11.9 Å². The predicted molar refractivity (Wildman–Crippen MR) is 59.8 cm³/mol. The van der Waals surface area contributed by atoms with E-state index in [1.165, 1.54) is 19.1 Å². The van der Waals surface area contributed by atoms with E-state index in [2.05, 4.69) is 5.32 Å². The molecule has 0 aliphatic rings. The molecule has 0 radical (unpaired) electrons. The first-order valence-corrected chi connectivity index (χ1v) is 5.31. The lowest BCUT2D eigenvalue weighted by Crippen LogP contribution is -2.11. The Bertz CT molecular complexity index is 388. The van der Waals surface area contributed by atoms with Gasteiger partial charge in [0.1, 0.15) is 5.78 Å². The molecule has 0 bridgehead atoms. The summed E-state index contributed by atoms with van der Waals surface area (Å²) in [7, 11) is 0. The molecule has 17 heavy (non-hydrogen) atoms. The van der Waals surface area contributed by atoms with E-state index in [4.69, 9.17) is 0 Å². The van der Waals surface area contributed by atoms with Crippen molar-refractivity contribution in [2.45, 2.75) is 25.9 Å². The van der Waals surface area contributed by atoms with Crippen molar-refractivity contribution < 1.29 is 18.0 Å². The average Bonchev–Trinajstić information content (AvgIpc) is 2.23. The summed E-state index contributed by atoms with van der Waals surface area (Å²) in [6.07, 6.45) is -3.45. The predicted octanol–water partition coefficient (Wildman–Crippen LogP) is 3.49. The maximum Gasteiger partial charge on any atom is 0.418 e. The van der Waals surface area contributed by atoms with Crippen molar-refractivity contribution in [1.82, 2.24) is 0 Å². The average molecular weight is 245 g/mol. The van der Waals surface area contributed by atoms with Gasteiger partial charge in [0.15, 0.2) is 0 Å². The number of alkyl halides is 3. The van der Waals surface area contributed by atoms with E-state index >= 15 is 0 Å². The molecule has 1 N–H and O–H groups in total. The van der Waals surface area contributed by atoms with Crippen LogP contribution in [0.15, 0.2) is 24.3 Å². The number of carbonyl (C=O) groups excluding carboxylic acids is 1. The summed E-state index contributed by atoms with van der Waals surface area (Å²) in [6, 6.07) is 5.32. The minimum Gasteiger partial charge on any atom is -0.385 e. The van der Waals surface area contributed by atoms with Gasteiger partial charge in [-0.05, 0) is 25.5 Å². The summed E-state index contributed by atoms with van der Waals surface area (Å²) in [5.74, 6) is 0.0379. The molecule has 0 heterocycles. The van der Waals surface area contributed by atoms with E-state index in [0.717, 1.165) is 6.07 Å². The van der Waals surface area contributed by atoms with Crippen LogP contribution in [0.1, 0.15) is 25.3 Å².